The zero-order chi connectivity index (χ0) is 19.6. The van der Waals surface area contributed by atoms with E-state index < -0.39 is 0 Å². The molecule has 144 valence electrons. The zero-order valence-electron chi connectivity index (χ0n) is 16.6. The van der Waals surface area contributed by atoms with E-state index in [1.807, 2.05) is 18.2 Å². The highest BCUT2D eigenvalue weighted by Crippen LogP contribution is 2.49. The Hall–Kier alpha value is -2.64. The minimum Gasteiger partial charge on any atom is -0.497 e. The first-order valence-corrected chi connectivity index (χ1v) is 10.1. The summed E-state index contributed by atoms with van der Waals surface area (Å²) in [5.41, 5.74) is 5.64. The van der Waals surface area contributed by atoms with Gasteiger partial charge >= 0.3 is 0 Å². The fourth-order valence-electron chi connectivity index (χ4n) is 4.86. The van der Waals surface area contributed by atoms with E-state index in [4.69, 9.17) is 9.47 Å². The van der Waals surface area contributed by atoms with Gasteiger partial charge in [-0.15, -0.1) is 0 Å². The van der Waals surface area contributed by atoms with Crippen molar-refractivity contribution in [3.05, 3.63) is 53.6 Å². The first kappa shape index (κ1) is 18.7. The average Bonchev–Trinajstić information content (AvgIpc) is 3.03. The maximum atomic E-state index is 9.38. The largest absolute Gasteiger partial charge is 0.497 e. The molecule has 2 aromatic carbocycles. The number of hydrogen-bond acceptors (Lipinski definition) is 4. The lowest BCUT2D eigenvalue weighted by atomic mass is 9.70. The van der Waals surface area contributed by atoms with Crippen molar-refractivity contribution >= 4 is 5.71 Å². The molecule has 0 N–H and O–H groups in total. The summed E-state index contributed by atoms with van der Waals surface area (Å²) in [7, 11) is 1.68. The summed E-state index contributed by atoms with van der Waals surface area (Å²) in [6.45, 7) is 2.82. The van der Waals surface area contributed by atoms with Crippen LogP contribution < -0.4 is 4.74 Å². The van der Waals surface area contributed by atoms with E-state index in [1.165, 1.54) is 5.56 Å². The number of ether oxygens (including phenoxy) is 2. The number of methoxy groups -OCH3 is 1. The Bertz CT molecular complexity index is 934. The van der Waals surface area contributed by atoms with Crippen LogP contribution in [0, 0.1) is 16.9 Å². The van der Waals surface area contributed by atoms with E-state index in [2.05, 4.69) is 42.4 Å². The van der Waals surface area contributed by atoms with E-state index in [1.54, 1.807) is 7.11 Å². The number of nitrogens with zero attached hydrogens (tertiary/aromatic N) is 2. The SMILES string of the molecule is CCO[C@H]1CC[C@]2(CC1)Cc1ccc(-c3cccc(OC)c3)cc1/C2=N\C#N. The quantitative estimate of drug-likeness (QED) is 0.695. The molecule has 0 atom stereocenters. The summed E-state index contributed by atoms with van der Waals surface area (Å²) in [6, 6.07) is 14.7. The van der Waals surface area contributed by atoms with E-state index in [-0.39, 0.29) is 5.41 Å². The van der Waals surface area contributed by atoms with Gasteiger partial charge in [0.25, 0.3) is 0 Å². The van der Waals surface area contributed by atoms with Gasteiger partial charge < -0.3 is 9.47 Å². The molecule has 2 aliphatic carbocycles. The van der Waals surface area contributed by atoms with Gasteiger partial charge in [-0.2, -0.15) is 10.3 Å². The van der Waals surface area contributed by atoms with Crippen LogP contribution in [0.1, 0.15) is 43.7 Å². The van der Waals surface area contributed by atoms with Crippen LogP contribution >= 0.6 is 0 Å². The molecule has 0 saturated heterocycles. The van der Waals surface area contributed by atoms with Crippen LogP contribution in [0.3, 0.4) is 0 Å². The molecule has 28 heavy (non-hydrogen) atoms. The summed E-state index contributed by atoms with van der Waals surface area (Å²) in [6.07, 6.45) is 7.52. The Labute approximate surface area is 166 Å². The second kappa shape index (κ2) is 7.77. The molecule has 4 nitrogen and oxygen atoms in total. The molecule has 1 saturated carbocycles. The highest BCUT2D eigenvalue weighted by Gasteiger charge is 2.45. The van der Waals surface area contributed by atoms with Crippen molar-refractivity contribution in [2.24, 2.45) is 10.4 Å². The maximum absolute atomic E-state index is 9.38. The lowest BCUT2D eigenvalue weighted by Crippen LogP contribution is -2.36. The average molecular weight is 374 g/mol. The molecule has 1 spiro atoms. The predicted octanol–water partition coefficient (Wildman–Crippen LogP) is 5.15. The Morgan fingerprint density at radius 1 is 1.14 bits per heavy atom. The van der Waals surface area contributed by atoms with Crippen LogP contribution in [0.25, 0.3) is 11.1 Å². The van der Waals surface area contributed by atoms with Crippen LogP contribution in [-0.2, 0) is 11.2 Å². The molecule has 1 fully saturated rings. The molecule has 0 aromatic heterocycles. The summed E-state index contributed by atoms with van der Waals surface area (Å²) < 4.78 is 11.2. The van der Waals surface area contributed by atoms with Gasteiger partial charge in [-0.3, -0.25) is 0 Å². The topological polar surface area (TPSA) is 54.6 Å². The molecule has 4 rings (SSSR count). The summed E-state index contributed by atoms with van der Waals surface area (Å²) >= 11 is 0. The van der Waals surface area contributed by atoms with Gasteiger partial charge in [0.05, 0.1) is 18.9 Å². The monoisotopic (exact) mass is 374 g/mol. The first-order chi connectivity index (χ1) is 13.7. The minimum atomic E-state index is -0.0152. The standard InChI is InChI=1S/C24H26N2O2/c1-3-28-20-9-11-24(12-10-20)15-19-8-7-18(14-22(19)23(24)26-16-25)17-5-4-6-21(13-17)27-2/h4-8,13-14,20H,3,9-12,15H2,1-2H3/b26-23+/t20-,24-. The Kier molecular flexibility index (Phi) is 5.19. The smallest absolute Gasteiger partial charge is 0.205 e. The molecular formula is C24H26N2O2. The number of nitriles is 1. The molecule has 0 amide bonds. The molecule has 0 radical (unpaired) electrons. The van der Waals surface area contributed by atoms with Gasteiger partial charge in [-0.1, -0.05) is 24.3 Å². The van der Waals surface area contributed by atoms with E-state index in [0.29, 0.717) is 6.10 Å². The van der Waals surface area contributed by atoms with Gasteiger partial charge in [0, 0.05) is 17.6 Å². The molecule has 0 heterocycles. The summed E-state index contributed by atoms with van der Waals surface area (Å²) in [5, 5.41) is 9.38. The Morgan fingerprint density at radius 3 is 2.64 bits per heavy atom. The van der Waals surface area contributed by atoms with Gasteiger partial charge in [-0.25, -0.2) is 0 Å². The molecule has 4 heteroatoms. The van der Waals surface area contributed by atoms with Crippen molar-refractivity contribution in [1.29, 1.82) is 5.26 Å². The number of fused-ring (bicyclic) bond motifs is 1. The third kappa shape index (κ3) is 3.31. The van der Waals surface area contributed by atoms with Crippen LogP contribution in [0.5, 0.6) is 5.75 Å². The van der Waals surface area contributed by atoms with Crippen LogP contribution in [-0.4, -0.2) is 25.5 Å². The first-order valence-electron chi connectivity index (χ1n) is 10.1. The van der Waals surface area contributed by atoms with Crippen molar-refractivity contribution in [3.8, 4) is 23.1 Å². The van der Waals surface area contributed by atoms with Crippen LogP contribution in [0.2, 0.25) is 0 Å². The molecule has 0 aliphatic heterocycles. The van der Waals surface area contributed by atoms with Crippen molar-refractivity contribution < 1.29 is 9.47 Å². The predicted molar refractivity (Wildman–Crippen MR) is 111 cm³/mol. The van der Waals surface area contributed by atoms with Crippen LogP contribution in [0.15, 0.2) is 47.5 Å². The van der Waals surface area contributed by atoms with Crippen LogP contribution in [0.4, 0.5) is 0 Å². The normalized spacial score (nSPS) is 24.9. The Morgan fingerprint density at radius 2 is 1.93 bits per heavy atom. The molecule has 2 aromatic rings. The lowest BCUT2D eigenvalue weighted by Gasteiger charge is -2.37. The number of aliphatic imine (C=N–C) groups is 1. The lowest BCUT2D eigenvalue weighted by molar-refractivity contribution is 0.0179. The highest BCUT2D eigenvalue weighted by atomic mass is 16.5. The second-order valence-corrected chi connectivity index (χ2v) is 7.78. The van der Waals surface area contributed by atoms with Gasteiger partial charge in [0.1, 0.15) is 5.75 Å². The Balaban J connectivity index is 1.68. The van der Waals surface area contributed by atoms with E-state index in [9.17, 15) is 5.26 Å². The van der Waals surface area contributed by atoms with Crippen molar-refractivity contribution in [2.75, 3.05) is 13.7 Å². The molecule has 0 bridgehead atoms. The van der Waals surface area contributed by atoms with Gasteiger partial charge in [0.2, 0.25) is 6.19 Å². The zero-order valence-corrected chi connectivity index (χ0v) is 16.6. The maximum Gasteiger partial charge on any atom is 0.205 e. The number of rotatable bonds is 4. The van der Waals surface area contributed by atoms with E-state index >= 15 is 0 Å². The second-order valence-electron chi connectivity index (χ2n) is 7.78. The van der Waals surface area contributed by atoms with Gasteiger partial charge in [0.15, 0.2) is 0 Å². The number of benzene rings is 2. The van der Waals surface area contributed by atoms with Crippen molar-refractivity contribution in [1.82, 2.24) is 0 Å². The number of hydrogen-bond donors (Lipinski definition) is 0. The summed E-state index contributed by atoms with van der Waals surface area (Å²) in [5.74, 6) is 0.842. The fourth-order valence-corrected chi connectivity index (χ4v) is 4.86. The molecule has 2 aliphatic rings. The van der Waals surface area contributed by atoms with Crippen molar-refractivity contribution in [2.45, 2.75) is 45.1 Å². The molecular weight excluding hydrogens is 348 g/mol. The third-order valence-electron chi connectivity index (χ3n) is 6.25. The minimum absolute atomic E-state index is 0.0152. The molecule has 0 unspecified atom stereocenters. The fraction of sp³-hybridized carbons (Fsp3) is 0.417. The van der Waals surface area contributed by atoms with E-state index in [0.717, 1.165) is 66.9 Å². The summed E-state index contributed by atoms with van der Waals surface area (Å²) in [4.78, 5) is 4.34. The van der Waals surface area contributed by atoms with Crippen molar-refractivity contribution in [3.63, 3.8) is 0 Å². The highest BCUT2D eigenvalue weighted by molar-refractivity contribution is 6.10. The third-order valence-corrected chi connectivity index (χ3v) is 6.25. The van der Waals surface area contributed by atoms with Gasteiger partial charge in [-0.05, 0) is 73.9 Å².